The van der Waals surface area contributed by atoms with E-state index in [1.807, 2.05) is 55.5 Å². The zero-order chi connectivity index (χ0) is 17.8. The Morgan fingerprint density at radius 1 is 1.12 bits per heavy atom. The van der Waals surface area contributed by atoms with Crippen molar-refractivity contribution < 1.29 is 14.3 Å². The highest BCUT2D eigenvalue weighted by Gasteiger charge is 2.34. The minimum Gasteiger partial charge on any atom is -0.492 e. The molecule has 128 valence electrons. The third-order valence-electron chi connectivity index (χ3n) is 3.67. The Morgan fingerprint density at radius 3 is 2.56 bits per heavy atom. The van der Waals surface area contributed by atoms with E-state index in [0.29, 0.717) is 4.91 Å². The van der Waals surface area contributed by atoms with Crippen LogP contribution in [0.5, 0.6) is 5.75 Å². The minimum absolute atomic E-state index is 0.238. The Labute approximate surface area is 164 Å². The van der Waals surface area contributed by atoms with Gasteiger partial charge in [-0.15, -0.1) is 0 Å². The molecule has 6 heteroatoms. The number of halogens is 1. The first-order chi connectivity index (χ1) is 12.0. The second-order valence-corrected chi connectivity index (χ2v) is 7.67. The lowest BCUT2D eigenvalue weighted by atomic mass is 10.2. The maximum Gasteiger partial charge on any atom is 0.293 e. The van der Waals surface area contributed by atoms with E-state index in [0.717, 1.165) is 32.2 Å². The quantitative estimate of drug-likeness (QED) is 0.474. The minimum atomic E-state index is -0.262. The van der Waals surface area contributed by atoms with Gasteiger partial charge in [-0.25, -0.2) is 0 Å². The molecule has 0 aliphatic carbocycles. The molecule has 0 aromatic heterocycles. The second kappa shape index (κ2) is 8.05. The van der Waals surface area contributed by atoms with Crippen molar-refractivity contribution in [2.75, 3.05) is 13.2 Å². The van der Waals surface area contributed by atoms with Crippen molar-refractivity contribution in [2.24, 2.45) is 0 Å². The molecule has 2 aromatic rings. The molecular formula is C19H16INO3S. The predicted octanol–water partition coefficient (Wildman–Crippen LogP) is 4.71. The van der Waals surface area contributed by atoms with Crippen molar-refractivity contribution in [3.63, 3.8) is 0 Å². The second-order valence-electron chi connectivity index (χ2n) is 5.52. The number of hydrogen-bond acceptors (Lipinski definition) is 4. The summed E-state index contributed by atoms with van der Waals surface area (Å²) in [6.45, 7) is 2.52. The lowest BCUT2D eigenvalue weighted by Crippen LogP contribution is -2.32. The van der Waals surface area contributed by atoms with Gasteiger partial charge in [0.1, 0.15) is 12.4 Å². The summed E-state index contributed by atoms with van der Waals surface area (Å²) in [4.78, 5) is 26.3. The Hall–Kier alpha value is -1.80. The number of carbonyl (C=O) groups excluding carboxylic acids is 2. The van der Waals surface area contributed by atoms with E-state index in [-0.39, 0.29) is 24.3 Å². The summed E-state index contributed by atoms with van der Waals surface area (Å²) in [6.07, 6.45) is 1.77. The molecule has 4 nitrogen and oxygen atoms in total. The van der Waals surface area contributed by atoms with Crippen LogP contribution >= 0.6 is 34.4 Å². The van der Waals surface area contributed by atoms with Gasteiger partial charge in [0.25, 0.3) is 11.1 Å². The van der Waals surface area contributed by atoms with E-state index in [2.05, 4.69) is 22.6 Å². The molecule has 0 bridgehead atoms. The molecule has 1 aliphatic heterocycles. The standard InChI is InChI=1S/C19H16INO3S/c1-13-6-8-15(9-7-13)24-11-10-21-18(22)17(25-19(21)23)12-14-4-2-3-5-16(14)20/h2-9,12H,10-11H2,1H3/b17-12-. The van der Waals surface area contributed by atoms with Crippen LogP contribution in [-0.4, -0.2) is 29.2 Å². The number of rotatable bonds is 5. The molecular weight excluding hydrogens is 449 g/mol. The number of aryl methyl sites for hydroxylation is 1. The molecule has 3 rings (SSSR count). The number of hydrogen-bond donors (Lipinski definition) is 0. The molecule has 0 unspecified atom stereocenters. The van der Waals surface area contributed by atoms with E-state index < -0.39 is 0 Å². The van der Waals surface area contributed by atoms with Crippen LogP contribution in [0.3, 0.4) is 0 Å². The monoisotopic (exact) mass is 465 g/mol. The molecule has 0 spiro atoms. The van der Waals surface area contributed by atoms with Crippen LogP contribution in [-0.2, 0) is 4.79 Å². The fraction of sp³-hybridized carbons (Fsp3) is 0.158. The molecule has 2 amide bonds. The maximum atomic E-state index is 12.5. The van der Waals surface area contributed by atoms with Crippen LogP contribution in [0.1, 0.15) is 11.1 Å². The van der Waals surface area contributed by atoms with Crippen LogP contribution in [0.4, 0.5) is 4.79 Å². The number of nitrogens with zero attached hydrogens (tertiary/aromatic N) is 1. The van der Waals surface area contributed by atoms with Crippen LogP contribution in [0.15, 0.2) is 53.4 Å². The number of ether oxygens (including phenoxy) is 1. The highest BCUT2D eigenvalue weighted by atomic mass is 127. The molecule has 1 aliphatic rings. The summed E-state index contributed by atoms with van der Waals surface area (Å²) in [7, 11) is 0. The highest BCUT2D eigenvalue weighted by molar-refractivity contribution is 14.1. The van der Waals surface area contributed by atoms with E-state index >= 15 is 0 Å². The first-order valence-corrected chi connectivity index (χ1v) is 9.63. The summed E-state index contributed by atoms with van der Waals surface area (Å²) in [6, 6.07) is 15.4. The van der Waals surface area contributed by atoms with Crippen LogP contribution < -0.4 is 4.74 Å². The van der Waals surface area contributed by atoms with E-state index in [4.69, 9.17) is 4.74 Å². The molecule has 0 radical (unpaired) electrons. The molecule has 1 fully saturated rings. The molecule has 25 heavy (non-hydrogen) atoms. The van der Waals surface area contributed by atoms with Crippen LogP contribution in [0.25, 0.3) is 6.08 Å². The van der Waals surface area contributed by atoms with Crippen LogP contribution in [0.2, 0.25) is 0 Å². The smallest absolute Gasteiger partial charge is 0.293 e. The molecule has 0 atom stereocenters. The third-order valence-corrected chi connectivity index (χ3v) is 5.56. The molecule has 1 saturated heterocycles. The molecule has 2 aromatic carbocycles. The number of carbonyl (C=O) groups is 2. The lowest BCUT2D eigenvalue weighted by Gasteiger charge is -2.13. The van der Waals surface area contributed by atoms with Crippen molar-refractivity contribution in [1.82, 2.24) is 4.90 Å². The normalized spacial score (nSPS) is 15.9. The van der Waals surface area contributed by atoms with Crippen molar-refractivity contribution >= 4 is 51.6 Å². The molecule has 0 N–H and O–H groups in total. The molecule has 1 heterocycles. The van der Waals surface area contributed by atoms with Gasteiger partial charge in [-0.1, -0.05) is 35.9 Å². The number of benzene rings is 2. The highest BCUT2D eigenvalue weighted by Crippen LogP contribution is 2.32. The van der Waals surface area contributed by atoms with Crippen molar-refractivity contribution in [3.05, 3.63) is 68.1 Å². The Morgan fingerprint density at radius 2 is 1.84 bits per heavy atom. The van der Waals surface area contributed by atoms with Gasteiger partial charge in [-0.05, 0) is 71.1 Å². The van der Waals surface area contributed by atoms with Gasteiger partial charge in [-0.2, -0.15) is 0 Å². The largest absolute Gasteiger partial charge is 0.492 e. The Bertz CT molecular complexity index is 833. The van der Waals surface area contributed by atoms with Gasteiger partial charge in [0.05, 0.1) is 11.4 Å². The summed E-state index contributed by atoms with van der Waals surface area (Å²) in [5.74, 6) is 0.467. The summed E-state index contributed by atoms with van der Waals surface area (Å²) < 4.78 is 6.65. The summed E-state index contributed by atoms with van der Waals surface area (Å²) in [5, 5.41) is -0.255. The van der Waals surface area contributed by atoms with Gasteiger partial charge in [0.2, 0.25) is 0 Å². The van der Waals surface area contributed by atoms with Crippen molar-refractivity contribution in [1.29, 1.82) is 0 Å². The first kappa shape index (κ1) is 18.0. The number of imide groups is 1. The van der Waals surface area contributed by atoms with Crippen molar-refractivity contribution in [2.45, 2.75) is 6.92 Å². The SMILES string of the molecule is Cc1ccc(OCCN2C(=O)S/C(=C\c3ccccc3I)C2=O)cc1. The first-order valence-electron chi connectivity index (χ1n) is 7.74. The predicted molar refractivity (Wildman–Crippen MR) is 109 cm³/mol. The van der Waals surface area contributed by atoms with E-state index in [9.17, 15) is 9.59 Å². The van der Waals surface area contributed by atoms with Gasteiger partial charge >= 0.3 is 0 Å². The van der Waals surface area contributed by atoms with Crippen molar-refractivity contribution in [3.8, 4) is 5.75 Å². The summed E-state index contributed by atoms with van der Waals surface area (Å²) in [5.41, 5.74) is 2.09. The lowest BCUT2D eigenvalue weighted by molar-refractivity contribution is -0.123. The Balaban J connectivity index is 1.63. The maximum absolute atomic E-state index is 12.5. The van der Waals surface area contributed by atoms with Crippen LogP contribution in [0, 0.1) is 10.5 Å². The van der Waals surface area contributed by atoms with E-state index in [1.165, 1.54) is 4.90 Å². The van der Waals surface area contributed by atoms with Gasteiger partial charge in [0, 0.05) is 3.57 Å². The zero-order valence-corrected chi connectivity index (χ0v) is 16.5. The van der Waals surface area contributed by atoms with Gasteiger partial charge in [-0.3, -0.25) is 14.5 Å². The molecule has 0 saturated carbocycles. The van der Waals surface area contributed by atoms with Gasteiger partial charge in [0.15, 0.2) is 0 Å². The number of thioether (sulfide) groups is 1. The fourth-order valence-corrected chi connectivity index (χ4v) is 3.71. The van der Waals surface area contributed by atoms with Gasteiger partial charge < -0.3 is 4.74 Å². The third kappa shape index (κ3) is 4.43. The number of amides is 2. The average molecular weight is 465 g/mol. The van der Waals surface area contributed by atoms with E-state index in [1.54, 1.807) is 6.08 Å². The topological polar surface area (TPSA) is 46.6 Å². The zero-order valence-electron chi connectivity index (χ0n) is 13.6. The summed E-state index contributed by atoms with van der Waals surface area (Å²) >= 11 is 3.19. The fourth-order valence-electron chi connectivity index (χ4n) is 2.32. The Kier molecular flexibility index (Phi) is 5.80. The average Bonchev–Trinajstić information content (AvgIpc) is 2.86.